The van der Waals surface area contributed by atoms with Gasteiger partial charge in [0.2, 0.25) is 10.0 Å². The van der Waals surface area contributed by atoms with Crippen molar-refractivity contribution in [1.29, 1.82) is 0 Å². The normalized spacial score (nSPS) is 12.4. The zero-order valence-electron chi connectivity index (χ0n) is 15.9. The van der Waals surface area contributed by atoms with E-state index in [2.05, 4.69) is 10.0 Å². The Hall–Kier alpha value is -2.09. The van der Waals surface area contributed by atoms with Crippen LogP contribution in [-0.4, -0.2) is 27.0 Å². The molecular weight excluding hydrogens is 400 g/mol. The SMILES string of the molecule is CCC[C@@H](C)NC(=O)COc1ccc(S(=O)(=O)NCc2ccccc2)cc1Cl. The van der Waals surface area contributed by atoms with Crippen molar-refractivity contribution in [2.45, 2.75) is 44.2 Å². The highest BCUT2D eigenvalue weighted by Gasteiger charge is 2.16. The summed E-state index contributed by atoms with van der Waals surface area (Å²) in [6.07, 6.45) is 1.86. The molecule has 0 unspecified atom stereocenters. The fraction of sp³-hybridized carbons (Fsp3) is 0.350. The number of hydrogen-bond donors (Lipinski definition) is 2. The Morgan fingerprint density at radius 1 is 1.18 bits per heavy atom. The van der Waals surface area contributed by atoms with Gasteiger partial charge in [-0.3, -0.25) is 4.79 Å². The Kier molecular flexibility index (Phi) is 8.29. The molecule has 0 saturated carbocycles. The van der Waals surface area contributed by atoms with Crippen LogP contribution in [0.2, 0.25) is 5.02 Å². The molecule has 0 radical (unpaired) electrons. The summed E-state index contributed by atoms with van der Waals surface area (Å²) in [6, 6.07) is 13.4. The standard InChI is InChI=1S/C20H25ClN2O4S/c1-3-7-15(2)23-20(24)14-27-19-11-10-17(12-18(19)21)28(25,26)22-13-16-8-5-4-6-9-16/h4-6,8-12,15,22H,3,7,13-14H2,1-2H3,(H,23,24)/t15-/m1/s1. The van der Waals surface area contributed by atoms with E-state index in [-0.39, 0.29) is 40.8 Å². The maximum absolute atomic E-state index is 12.4. The summed E-state index contributed by atoms with van der Waals surface area (Å²) < 4.78 is 32.8. The van der Waals surface area contributed by atoms with Crippen LogP contribution in [0.4, 0.5) is 0 Å². The predicted octanol–water partition coefficient (Wildman–Crippen LogP) is 3.50. The van der Waals surface area contributed by atoms with Crippen LogP contribution in [-0.2, 0) is 21.4 Å². The third kappa shape index (κ3) is 6.82. The van der Waals surface area contributed by atoms with Crippen molar-refractivity contribution >= 4 is 27.5 Å². The number of carbonyl (C=O) groups excluding carboxylic acids is 1. The minimum Gasteiger partial charge on any atom is -0.482 e. The van der Waals surface area contributed by atoms with Crippen LogP contribution in [0.15, 0.2) is 53.4 Å². The summed E-state index contributed by atoms with van der Waals surface area (Å²) in [5, 5.41) is 2.95. The van der Waals surface area contributed by atoms with Crippen molar-refractivity contribution in [1.82, 2.24) is 10.0 Å². The summed E-state index contributed by atoms with van der Waals surface area (Å²) in [7, 11) is -3.72. The minimum atomic E-state index is -3.72. The van der Waals surface area contributed by atoms with Gasteiger partial charge in [-0.2, -0.15) is 0 Å². The number of benzene rings is 2. The third-order valence-corrected chi connectivity index (χ3v) is 5.70. The van der Waals surface area contributed by atoms with E-state index in [0.29, 0.717) is 0 Å². The molecule has 2 rings (SSSR count). The Labute approximate surface area is 171 Å². The van der Waals surface area contributed by atoms with Crippen LogP contribution >= 0.6 is 11.6 Å². The van der Waals surface area contributed by atoms with Crippen LogP contribution in [0.5, 0.6) is 5.75 Å². The lowest BCUT2D eigenvalue weighted by Gasteiger charge is -2.14. The first kappa shape index (κ1) is 22.2. The quantitative estimate of drug-likeness (QED) is 0.611. The van der Waals surface area contributed by atoms with Gasteiger partial charge in [0.05, 0.1) is 9.92 Å². The fourth-order valence-electron chi connectivity index (χ4n) is 2.59. The van der Waals surface area contributed by atoms with E-state index < -0.39 is 10.0 Å². The molecule has 28 heavy (non-hydrogen) atoms. The number of nitrogens with one attached hydrogen (secondary N) is 2. The zero-order chi connectivity index (χ0) is 20.6. The molecule has 0 aliphatic heterocycles. The molecule has 8 heteroatoms. The van der Waals surface area contributed by atoms with Crippen molar-refractivity contribution < 1.29 is 17.9 Å². The van der Waals surface area contributed by atoms with Crippen LogP contribution in [0.1, 0.15) is 32.3 Å². The number of sulfonamides is 1. The lowest BCUT2D eigenvalue weighted by molar-refractivity contribution is -0.123. The summed E-state index contributed by atoms with van der Waals surface area (Å²) in [6.45, 7) is 3.96. The Morgan fingerprint density at radius 2 is 1.89 bits per heavy atom. The van der Waals surface area contributed by atoms with Gasteiger partial charge < -0.3 is 10.1 Å². The van der Waals surface area contributed by atoms with E-state index in [1.165, 1.54) is 18.2 Å². The fourth-order valence-corrected chi connectivity index (χ4v) is 3.93. The van der Waals surface area contributed by atoms with Crippen LogP contribution in [0.25, 0.3) is 0 Å². The molecule has 0 heterocycles. The number of rotatable bonds is 10. The molecule has 0 aliphatic carbocycles. The van der Waals surface area contributed by atoms with E-state index in [9.17, 15) is 13.2 Å². The number of hydrogen-bond acceptors (Lipinski definition) is 4. The first-order valence-electron chi connectivity index (χ1n) is 9.07. The van der Waals surface area contributed by atoms with Crippen molar-refractivity contribution in [2.75, 3.05) is 6.61 Å². The number of halogens is 1. The maximum Gasteiger partial charge on any atom is 0.258 e. The molecule has 1 amide bonds. The molecule has 0 saturated heterocycles. The van der Waals surface area contributed by atoms with Gasteiger partial charge in [0.25, 0.3) is 5.91 Å². The molecule has 2 aromatic rings. The highest BCUT2D eigenvalue weighted by atomic mass is 35.5. The first-order valence-corrected chi connectivity index (χ1v) is 10.9. The van der Waals surface area contributed by atoms with Gasteiger partial charge >= 0.3 is 0 Å². The summed E-state index contributed by atoms with van der Waals surface area (Å²) >= 11 is 6.14. The number of ether oxygens (including phenoxy) is 1. The maximum atomic E-state index is 12.4. The summed E-state index contributed by atoms with van der Waals surface area (Å²) in [5.74, 6) is 0.000197. The Bertz CT molecular complexity index is 888. The molecule has 6 nitrogen and oxygen atoms in total. The van der Waals surface area contributed by atoms with E-state index in [4.69, 9.17) is 16.3 Å². The minimum absolute atomic E-state index is 0.0294. The molecular formula is C20H25ClN2O4S. The molecule has 0 fully saturated rings. The predicted molar refractivity (Wildman–Crippen MR) is 110 cm³/mol. The Balaban J connectivity index is 1.96. The van der Waals surface area contributed by atoms with Gasteiger partial charge in [0.1, 0.15) is 5.75 Å². The number of carbonyl (C=O) groups is 1. The van der Waals surface area contributed by atoms with Gasteiger partial charge in [0, 0.05) is 12.6 Å². The van der Waals surface area contributed by atoms with E-state index in [1.807, 2.05) is 44.2 Å². The highest BCUT2D eigenvalue weighted by Crippen LogP contribution is 2.27. The molecule has 0 bridgehead atoms. The molecule has 0 aromatic heterocycles. The molecule has 1 atom stereocenters. The van der Waals surface area contributed by atoms with Gasteiger partial charge in [-0.15, -0.1) is 0 Å². The van der Waals surface area contributed by atoms with Gasteiger partial charge in [-0.05, 0) is 37.1 Å². The van der Waals surface area contributed by atoms with E-state index in [0.717, 1.165) is 18.4 Å². The van der Waals surface area contributed by atoms with Crippen molar-refractivity contribution in [3.8, 4) is 5.75 Å². The molecule has 2 aromatic carbocycles. The molecule has 0 aliphatic rings. The summed E-state index contributed by atoms with van der Waals surface area (Å²) in [5.41, 5.74) is 0.848. The second-order valence-electron chi connectivity index (χ2n) is 6.45. The van der Waals surface area contributed by atoms with E-state index in [1.54, 1.807) is 0 Å². The second kappa shape index (κ2) is 10.5. The van der Waals surface area contributed by atoms with Gasteiger partial charge in [-0.1, -0.05) is 55.3 Å². The largest absolute Gasteiger partial charge is 0.482 e. The van der Waals surface area contributed by atoms with Crippen molar-refractivity contribution in [3.05, 3.63) is 59.1 Å². The van der Waals surface area contributed by atoms with Crippen molar-refractivity contribution in [2.24, 2.45) is 0 Å². The summed E-state index contributed by atoms with van der Waals surface area (Å²) in [4.78, 5) is 11.9. The molecule has 152 valence electrons. The lowest BCUT2D eigenvalue weighted by Crippen LogP contribution is -2.35. The average molecular weight is 425 g/mol. The van der Waals surface area contributed by atoms with Crippen LogP contribution in [0, 0.1) is 0 Å². The topological polar surface area (TPSA) is 84.5 Å². The zero-order valence-corrected chi connectivity index (χ0v) is 17.5. The van der Waals surface area contributed by atoms with Crippen molar-refractivity contribution in [3.63, 3.8) is 0 Å². The highest BCUT2D eigenvalue weighted by molar-refractivity contribution is 7.89. The molecule has 0 spiro atoms. The smallest absolute Gasteiger partial charge is 0.258 e. The third-order valence-electron chi connectivity index (χ3n) is 4.01. The second-order valence-corrected chi connectivity index (χ2v) is 8.62. The molecule has 2 N–H and O–H groups in total. The van der Waals surface area contributed by atoms with Gasteiger partial charge in [-0.25, -0.2) is 13.1 Å². The van der Waals surface area contributed by atoms with E-state index >= 15 is 0 Å². The monoisotopic (exact) mass is 424 g/mol. The lowest BCUT2D eigenvalue weighted by atomic mass is 10.2. The average Bonchev–Trinajstić information content (AvgIpc) is 2.66. The van der Waals surface area contributed by atoms with Gasteiger partial charge in [0.15, 0.2) is 6.61 Å². The Morgan fingerprint density at radius 3 is 2.54 bits per heavy atom. The number of amides is 1. The first-order chi connectivity index (χ1) is 13.3. The van der Waals surface area contributed by atoms with Crippen LogP contribution < -0.4 is 14.8 Å². The van der Waals surface area contributed by atoms with Crippen LogP contribution in [0.3, 0.4) is 0 Å².